The van der Waals surface area contributed by atoms with Gasteiger partial charge in [0.05, 0.1) is 5.56 Å². The molecule has 0 spiro atoms. The molecule has 4 nitrogen and oxygen atoms in total. The zero-order valence-electron chi connectivity index (χ0n) is 16.4. The van der Waals surface area contributed by atoms with Crippen LogP contribution in [-0.4, -0.2) is 46.4 Å². The fourth-order valence-electron chi connectivity index (χ4n) is 3.76. The highest BCUT2D eigenvalue weighted by Gasteiger charge is 2.30. The third-order valence-corrected chi connectivity index (χ3v) is 5.23. The molecule has 1 aliphatic heterocycles. The van der Waals surface area contributed by atoms with E-state index in [4.69, 9.17) is 0 Å². The maximum absolute atomic E-state index is 13.2. The number of aromatic nitrogens is 1. The first-order valence-corrected chi connectivity index (χ1v) is 9.63. The van der Waals surface area contributed by atoms with Crippen molar-refractivity contribution < 1.29 is 9.18 Å². The van der Waals surface area contributed by atoms with Crippen molar-refractivity contribution in [3.63, 3.8) is 0 Å². The van der Waals surface area contributed by atoms with Gasteiger partial charge in [-0.15, -0.1) is 0 Å². The van der Waals surface area contributed by atoms with Gasteiger partial charge in [-0.1, -0.05) is 26.0 Å². The van der Waals surface area contributed by atoms with Gasteiger partial charge in [0.15, 0.2) is 0 Å². The van der Waals surface area contributed by atoms with E-state index in [1.165, 1.54) is 12.1 Å². The van der Waals surface area contributed by atoms with E-state index >= 15 is 0 Å². The van der Waals surface area contributed by atoms with Gasteiger partial charge in [-0.25, -0.2) is 4.39 Å². The highest BCUT2D eigenvalue weighted by Crippen LogP contribution is 2.21. The van der Waals surface area contributed by atoms with Gasteiger partial charge in [-0.3, -0.25) is 14.7 Å². The number of aryl methyl sites for hydroxylation is 1. The summed E-state index contributed by atoms with van der Waals surface area (Å²) in [5.74, 6) is 0.258. The number of nitrogens with zero attached hydrogens (tertiary/aromatic N) is 3. The Kier molecular flexibility index (Phi) is 6.22. The van der Waals surface area contributed by atoms with E-state index in [0.29, 0.717) is 18.0 Å². The van der Waals surface area contributed by atoms with E-state index in [1.807, 2.05) is 30.0 Å². The maximum Gasteiger partial charge on any atom is 0.255 e. The Balaban J connectivity index is 1.76. The third-order valence-electron chi connectivity index (χ3n) is 5.23. The van der Waals surface area contributed by atoms with E-state index in [2.05, 4.69) is 23.7 Å². The third kappa shape index (κ3) is 4.92. The van der Waals surface area contributed by atoms with E-state index < -0.39 is 0 Å². The van der Waals surface area contributed by atoms with Crippen LogP contribution in [0.25, 0.3) is 0 Å². The lowest BCUT2D eigenvalue weighted by Crippen LogP contribution is -2.45. The molecule has 0 aliphatic carbocycles. The molecule has 1 aromatic carbocycles. The van der Waals surface area contributed by atoms with Crippen molar-refractivity contribution >= 4 is 5.91 Å². The van der Waals surface area contributed by atoms with Crippen LogP contribution in [0.2, 0.25) is 0 Å². The molecule has 1 saturated heterocycles. The van der Waals surface area contributed by atoms with Gasteiger partial charge in [0.25, 0.3) is 5.91 Å². The van der Waals surface area contributed by atoms with Crippen LogP contribution < -0.4 is 0 Å². The standard InChI is InChI=1S/C22H28FN3O/c1-16(2)21-15-26(22(27)19-11-17(3)12-24-13-19)10-4-9-25(21)14-18-5-7-20(23)8-6-18/h5-8,11-13,16,21H,4,9-10,14-15H2,1-3H3/t21-/m0/s1. The number of pyridine rings is 1. The molecule has 27 heavy (non-hydrogen) atoms. The van der Waals surface area contributed by atoms with Crippen molar-refractivity contribution in [2.75, 3.05) is 19.6 Å². The quantitative estimate of drug-likeness (QED) is 0.820. The summed E-state index contributed by atoms with van der Waals surface area (Å²) >= 11 is 0. The van der Waals surface area contributed by atoms with E-state index in [0.717, 1.165) is 37.2 Å². The molecule has 1 aromatic heterocycles. The van der Waals surface area contributed by atoms with Gasteiger partial charge >= 0.3 is 0 Å². The number of amides is 1. The summed E-state index contributed by atoms with van der Waals surface area (Å²) in [4.78, 5) is 21.6. The average molecular weight is 369 g/mol. The lowest BCUT2D eigenvalue weighted by molar-refractivity contribution is 0.0702. The second kappa shape index (κ2) is 8.61. The van der Waals surface area contributed by atoms with Crippen molar-refractivity contribution in [3.05, 3.63) is 65.2 Å². The topological polar surface area (TPSA) is 36.4 Å². The molecule has 0 radical (unpaired) electrons. The molecule has 1 fully saturated rings. The predicted octanol–water partition coefficient (Wildman–Crippen LogP) is 3.90. The van der Waals surface area contributed by atoms with Crippen LogP contribution in [0, 0.1) is 18.7 Å². The van der Waals surface area contributed by atoms with Crippen LogP contribution in [0.1, 0.15) is 41.8 Å². The van der Waals surface area contributed by atoms with Gasteiger partial charge in [0.2, 0.25) is 0 Å². The van der Waals surface area contributed by atoms with Crippen LogP contribution >= 0.6 is 0 Å². The lowest BCUT2D eigenvalue weighted by Gasteiger charge is -2.34. The fraction of sp³-hybridized carbons (Fsp3) is 0.455. The number of carbonyl (C=O) groups is 1. The minimum absolute atomic E-state index is 0.0560. The minimum Gasteiger partial charge on any atom is -0.337 e. The van der Waals surface area contributed by atoms with Crippen LogP contribution in [0.3, 0.4) is 0 Å². The van der Waals surface area contributed by atoms with Gasteiger partial charge < -0.3 is 4.90 Å². The van der Waals surface area contributed by atoms with Crippen molar-refractivity contribution in [2.45, 2.75) is 39.8 Å². The van der Waals surface area contributed by atoms with E-state index in [-0.39, 0.29) is 17.8 Å². The van der Waals surface area contributed by atoms with Crippen LogP contribution in [0.5, 0.6) is 0 Å². The molecule has 144 valence electrons. The zero-order valence-corrected chi connectivity index (χ0v) is 16.4. The minimum atomic E-state index is -0.210. The van der Waals surface area contributed by atoms with Crippen molar-refractivity contribution in [1.29, 1.82) is 0 Å². The smallest absolute Gasteiger partial charge is 0.255 e. The van der Waals surface area contributed by atoms with E-state index in [9.17, 15) is 9.18 Å². The van der Waals surface area contributed by atoms with Crippen LogP contribution in [0.4, 0.5) is 4.39 Å². The van der Waals surface area contributed by atoms with E-state index in [1.54, 1.807) is 12.4 Å². The Morgan fingerprint density at radius 2 is 1.96 bits per heavy atom. The lowest BCUT2D eigenvalue weighted by atomic mass is 10.0. The molecule has 3 rings (SSSR count). The van der Waals surface area contributed by atoms with Crippen molar-refractivity contribution in [3.8, 4) is 0 Å². The highest BCUT2D eigenvalue weighted by atomic mass is 19.1. The second-order valence-electron chi connectivity index (χ2n) is 7.76. The average Bonchev–Trinajstić information content (AvgIpc) is 2.86. The molecule has 1 atom stereocenters. The van der Waals surface area contributed by atoms with Crippen molar-refractivity contribution in [2.24, 2.45) is 5.92 Å². The molecule has 1 aliphatic rings. The molecule has 0 bridgehead atoms. The first kappa shape index (κ1) is 19.5. The van der Waals surface area contributed by atoms with Gasteiger partial charge in [-0.2, -0.15) is 0 Å². The fourth-order valence-corrected chi connectivity index (χ4v) is 3.76. The first-order valence-electron chi connectivity index (χ1n) is 9.63. The summed E-state index contributed by atoms with van der Waals surface area (Å²) in [6.07, 6.45) is 4.34. The number of carbonyl (C=O) groups excluding carboxylic acids is 1. The number of hydrogen-bond donors (Lipinski definition) is 0. The second-order valence-corrected chi connectivity index (χ2v) is 7.76. The largest absolute Gasteiger partial charge is 0.337 e. The summed E-state index contributed by atoms with van der Waals surface area (Å²) in [6.45, 7) is 9.50. The molecule has 0 N–H and O–H groups in total. The van der Waals surface area contributed by atoms with Gasteiger partial charge in [0, 0.05) is 44.6 Å². The molecule has 5 heteroatoms. The highest BCUT2D eigenvalue weighted by molar-refractivity contribution is 5.94. The Labute approximate surface area is 161 Å². The molecule has 0 saturated carbocycles. The molecular weight excluding hydrogens is 341 g/mol. The first-order chi connectivity index (χ1) is 12.9. The normalized spacial score (nSPS) is 18.6. The Bertz CT molecular complexity index is 775. The Morgan fingerprint density at radius 3 is 2.63 bits per heavy atom. The molecule has 2 heterocycles. The monoisotopic (exact) mass is 369 g/mol. The molecule has 1 amide bonds. The molecule has 0 unspecified atom stereocenters. The maximum atomic E-state index is 13.2. The molecular formula is C22H28FN3O. The number of hydrogen-bond acceptors (Lipinski definition) is 3. The summed E-state index contributed by atoms with van der Waals surface area (Å²) in [5.41, 5.74) is 2.75. The van der Waals surface area contributed by atoms with Crippen LogP contribution in [0.15, 0.2) is 42.7 Å². The zero-order chi connectivity index (χ0) is 19.4. The van der Waals surface area contributed by atoms with Gasteiger partial charge in [0.1, 0.15) is 5.82 Å². The predicted molar refractivity (Wildman–Crippen MR) is 105 cm³/mol. The summed E-state index contributed by atoms with van der Waals surface area (Å²) < 4.78 is 13.2. The molecule has 2 aromatic rings. The Hall–Kier alpha value is -2.27. The number of halogens is 1. The summed E-state index contributed by atoms with van der Waals surface area (Å²) in [5, 5.41) is 0. The number of rotatable bonds is 4. The van der Waals surface area contributed by atoms with Crippen molar-refractivity contribution in [1.82, 2.24) is 14.8 Å². The van der Waals surface area contributed by atoms with Gasteiger partial charge in [-0.05, 0) is 48.6 Å². The SMILES string of the molecule is Cc1cncc(C(=O)N2CCCN(Cc3ccc(F)cc3)[C@H](C(C)C)C2)c1. The number of benzene rings is 1. The Morgan fingerprint density at radius 1 is 1.22 bits per heavy atom. The summed E-state index contributed by atoms with van der Waals surface area (Å²) in [6, 6.07) is 8.88. The summed E-state index contributed by atoms with van der Waals surface area (Å²) in [7, 11) is 0. The van der Waals surface area contributed by atoms with Crippen LogP contribution in [-0.2, 0) is 6.54 Å².